The number of aliphatic hydroxyl groups is 2. The maximum atomic E-state index is 12.4. The van der Waals surface area contributed by atoms with Gasteiger partial charge >= 0.3 is 19.1 Å². The summed E-state index contributed by atoms with van der Waals surface area (Å²) in [6.07, 6.45) is -1.42. The summed E-state index contributed by atoms with van der Waals surface area (Å²) in [6.45, 7) is -9.53. The number of fused-ring (bicyclic) bond motifs is 2. The number of anilines is 3. The monoisotopic (exact) mass is 885 g/mol. The van der Waals surface area contributed by atoms with Crippen molar-refractivity contribution in [3.63, 3.8) is 0 Å². The molecule has 11 atom stereocenters. The lowest BCUT2D eigenvalue weighted by atomic mass is 10.2. The molecule has 0 radical (unpaired) electrons. The summed E-state index contributed by atoms with van der Waals surface area (Å²) in [5.41, 5.74) is 18.3. The lowest BCUT2D eigenvalue weighted by Crippen LogP contribution is -2.31. The third-order valence-corrected chi connectivity index (χ3v) is 12.8. The number of hydrogen-bond donors (Lipinski definition) is 7. The van der Waals surface area contributed by atoms with Gasteiger partial charge in [0.15, 0.2) is 22.9 Å². The van der Waals surface area contributed by atoms with E-state index < -0.39 is 87.6 Å². The highest BCUT2D eigenvalue weighted by atomic mass is 32.5. The highest BCUT2D eigenvalue weighted by Gasteiger charge is 2.45. The molecule has 5 aromatic rings. The fraction of sp³-hybridized carbons (Fsp3) is 0.517. The Morgan fingerprint density at radius 2 is 1.24 bits per heavy atom. The van der Waals surface area contributed by atoms with Gasteiger partial charge in [0, 0.05) is 25.5 Å². The summed E-state index contributed by atoms with van der Waals surface area (Å²) in [4.78, 5) is 63.5. The van der Waals surface area contributed by atoms with E-state index in [-0.39, 0.29) is 43.3 Å². The molecule has 0 bridgehead atoms. The SMILES string of the molecule is Nc1ccn([C@H]2C[C@H](OP(O)(=S)OC[C@H]3O[C@@H](n4cnc5c(N)ncnc54)C[C@@H]3OP(O)(=S)OC[C@H]3O[C@@H](n4cnc5c(N)ncnc54)C[C@@H]3O)[C@@H](CO)O2)c(=O)n1. The van der Waals surface area contributed by atoms with Gasteiger partial charge in [-0.25, -0.2) is 34.7 Å². The summed E-state index contributed by atoms with van der Waals surface area (Å²) in [5.74, 6) is 0.344. The Morgan fingerprint density at radius 3 is 1.81 bits per heavy atom. The second-order valence-electron chi connectivity index (χ2n) is 13.4. The largest absolute Gasteiger partial charge is 0.394 e. The van der Waals surface area contributed by atoms with Gasteiger partial charge < -0.3 is 69.5 Å². The Kier molecular flexibility index (Phi) is 11.6. The molecule has 29 heteroatoms. The molecule has 3 fully saturated rings. The lowest BCUT2D eigenvalue weighted by Gasteiger charge is -2.27. The van der Waals surface area contributed by atoms with Crippen LogP contribution in [0.5, 0.6) is 0 Å². The zero-order valence-electron chi connectivity index (χ0n) is 29.9. The number of nitrogen functional groups attached to an aromatic ring is 3. The zero-order valence-corrected chi connectivity index (χ0v) is 33.3. The van der Waals surface area contributed by atoms with Gasteiger partial charge in [0.25, 0.3) is 0 Å². The van der Waals surface area contributed by atoms with Gasteiger partial charge in [0.05, 0.1) is 50.8 Å². The molecule has 0 aromatic carbocycles. The average molecular weight is 886 g/mol. The summed E-state index contributed by atoms with van der Waals surface area (Å²) >= 11 is 10.7. The minimum atomic E-state index is -4.11. The van der Waals surface area contributed by atoms with Crippen LogP contribution in [0.1, 0.15) is 37.9 Å². The summed E-state index contributed by atoms with van der Waals surface area (Å²) in [5, 5.41) is 20.8. The number of rotatable bonds is 14. The van der Waals surface area contributed by atoms with Crippen molar-refractivity contribution < 1.29 is 52.3 Å². The zero-order chi connectivity index (χ0) is 40.9. The van der Waals surface area contributed by atoms with Crippen molar-refractivity contribution in [2.24, 2.45) is 0 Å². The van der Waals surface area contributed by atoms with E-state index in [9.17, 15) is 24.8 Å². The van der Waals surface area contributed by atoms with Crippen molar-refractivity contribution in [1.82, 2.24) is 48.6 Å². The molecule has 25 nitrogen and oxygen atoms in total. The quantitative estimate of drug-likeness (QED) is 0.0666. The van der Waals surface area contributed by atoms with E-state index in [4.69, 9.17) is 73.1 Å². The smallest absolute Gasteiger partial charge is 0.351 e. The van der Waals surface area contributed by atoms with Crippen molar-refractivity contribution in [3.8, 4) is 0 Å². The predicted octanol–water partition coefficient (Wildman–Crippen LogP) is -0.877. The molecule has 312 valence electrons. The van der Waals surface area contributed by atoms with Gasteiger partial charge in [0.1, 0.15) is 66.5 Å². The Labute approximate surface area is 336 Å². The van der Waals surface area contributed by atoms with Gasteiger partial charge in [-0.15, -0.1) is 0 Å². The third-order valence-electron chi connectivity index (χ3n) is 9.64. The fourth-order valence-corrected chi connectivity index (χ4v) is 9.81. The standard InChI is InChI=1S/C29H37N13O12P2S2/c30-19-1-2-40(29(45)39-19)21-4-14(16(6-43)50-21)53-56(47,58)49-8-18-15(5-22(52-18)42-12-38-24-26(32)34-10-36-28(24)42)54-55(46,57)48-7-17-13(44)3-20(51-17)41-11-37-23-25(31)33-9-35-27(23)41/h1-2,9-18,20-22,43-44H,3-8H2,(H,46,57)(H,47,58)(H2,30,39,45)(H2,31,33,35)(H2,32,34,36)/t13-,14-,15-,16+,17+,18+,20+,21+,22+,55?,56?/m0/s1. The average Bonchev–Trinajstić information content (AvgIpc) is 4.01. The van der Waals surface area contributed by atoms with E-state index in [1.807, 2.05) is 0 Å². The van der Waals surface area contributed by atoms with Crippen molar-refractivity contribution in [2.75, 3.05) is 37.0 Å². The lowest BCUT2D eigenvalue weighted by molar-refractivity contribution is -0.0542. The minimum absolute atomic E-state index is 0.00165. The second-order valence-corrected chi connectivity index (χ2v) is 19.0. The van der Waals surface area contributed by atoms with E-state index in [1.165, 1.54) is 42.1 Å². The van der Waals surface area contributed by atoms with E-state index in [1.54, 1.807) is 9.13 Å². The van der Waals surface area contributed by atoms with Crippen LogP contribution in [0.15, 0.2) is 42.4 Å². The maximum Gasteiger partial charge on any atom is 0.351 e. The molecule has 3 aliphatic heterocycles. The van der Waals surface area contributed by atoms with Crippen molar-refractivity contribution in [3.05, 3.63) is 48.1 Å². The van der Waals surface area contributed by atoms with Gasteiger partial charge in [-0.1, -0.05) is 0 Å². The molecular weight excluding hydrogens is 848 g/mol. The van der Waals surface area contributed by atoms with E-state index in [0.717, 1.165) is 0 Å². The van der Waals surface area contributed by atoms with Gasteiger partial charge in [-0.05, 0) is 29.7 Å². The number of hydrogen-bond acceptors (Lipinski definition) is 22. The molecule has 58 heavy (non-hydrogen) atoms. The first-order valence-corrected chi connectivity index (χ1v) is 22.6. The van der Waals surface area contributed by atoms with Crippen molar-refractivity contribution >= 4 is 76.8 Å². The van der Waals surface area contributed by atoms with Crippen LogP contribution in [0.2, 0.25) is 0 Å². The molecule has 0 spiro atoms. The highest BCUT2D eigenvalue weighted by Crippen LogP contribution is 2.52. The first kappa shape index (κ1) is 41.0. The third kappa shape index (κ3) is 8.47. The molecule has 8 heterocycles. The summed E-state index contributed by atoms with van der Waals surface area (Å²) in [7, 11) is 0. The van der Waals surface area contributed by atoms with E-state index in [2.05, 4.69) is 34.9 Å². The molecule has 3 aliphatic rings. The molecule has 5 aromatic heterocycles. The number of ether oxygens (including phenoxy) is 3. The Hall–Kier alpha value is -3.76. The molecule has 0 aliphatic carbocycles. The van der Waals surface area contributed by atoms with Crippen LogP contribution in [-0.4, -0.2) is 125 Å². The predicted molar refractivity (Wildman–Crippen MR) is 206 cm³/mol. The summed E-state index contributed by atoms with van der Waals surface area (Å²) in [6, 6.07) is 1.41. The van der Waals surface area contributed by atoms with Crippen LogP contribution in [0.3, 0.4) is 0 Å². The van der Waals surface area contributed by atoms with E-state index in [0.29, 0.717) is 22.3 Å². The number of nitrogens with two attached hydrogens (primary N) is 3. The minimum Gasteiger partial charge on any atom is -0.394 e. The molecule has 3 saturated heterocycles. The number of aliphatic hydroxyl groups excluding tert-OH is 2. The van der Waals surface area contributed by atoms with Gasteiger partial charge in [-0.3, -0.25) is 13.7 Å². The van der Waals surface area contributed by atoms with E-state index >= 15 is 0 Å². The number of aromatic nitrogens is 10. The normalized spacial score (nSPS) is 29.6. The van der Waals surface area contributed by atoms with Crippen LogP contribution < -0.4 is 22.9 Å². The summed E-state index contributed by atoms with van der Waals surface area (Å²) < 4.78 is 45.6. The Balaban J connectivity index is 0.943. The molecule has 10 N–H and O–H groups in total. The number of nitrogens with zero attached hydrogens (tertiary/aromatic N) is 10. The van der Waals surface area contributed by atoms with Crippen LogP contribution >= 0.6 is 13.4 Å². The van der Waals surface area contributed by atoms with Crippen molar-refractivity contribution in [2.45, 2.75) is 74.6 Å². The highest BCUT2D eigenvalue weighted by molar-refractivity contribution is 8.07. The molecule has 0 amide bonds. The van der Waals surface area contributed by atoms with Crippen LogP contribution in [0.4, 0.5) is 17.5 Å². The number of imidazole rings is 2. The van der Waals surface area contributed by atoms with Crippen LogP contribution in [-0.2, 0) is 55.9 Å². The van der Waals surface area contributed by atoms with Gasteiger partial charge in [0.2, 0.25) is 0 Å². The van der Waals surface area contributed by atoms with Crippen LogP contribution in [0.25, 0.3) is 22.3 Å². The van der Waals surface area contributed by atoms with Crippen LogP contribution in [0, 0.1) is 0 Å². The molecule has 2 unspecified atom stereocenters. The van der Waals surface area contributed by atoms with Crippen molar-refractivity contribution in [1.29, 1.82) is 0 Å². The molecular formula is C29H37N13O12P2S2. The fourth-order valence-electron chi connectivity index (χ4n) is 6.86. The molecule has 0 saturated carbocycles. The first-order valence-electron chi connectivity index (χ1n) is 17.5. The Morgan fingerprint density at radius 1 is 0.741 bits per heavy atom. The van der Waals surface area contributed by atoms with Gasteiger partial charge in [-0.2, -0.15) is 4.98 Å². The first-order chi connectivity index (χ1) is 27.7. The maximum absolute atomic E-state index is 12.4. The molecule has 8 rings (SSSR count). The second kappa shape index (κ2) is 16.4. The Bertz CT molecular complexity index is 2460. The topological polar surface area (TPSA) is 346 Å².